The molecule has 1 aromatic carbocycles. The lowest BCUT2D eigenvalue weighted by atomic mass is 9.78. The maximum Gasteiger partial charge on any atom is 0.119 e. The van der Waals surface area contributed by atoms with Crippen molar-refractivity contribution in [2.45, 2.75) is 104 Å². The minimum atomic E-state index is 0.880. The first-order chi connectivity index (χ1) is 12.8. The first-order valence-corrected chi connectivity index (χ1v) is 11.5. The molecule has 0 spiro atoms. The van der Waals surface area contributed by atoms with E-state index in [1.807, 2.05) is 0 Å². The Kier molecular flexibility index (Phi) is 10.8. The highest BCUT2D eigenvalue weighted by Gasteiger charge is 2.20. The Hall–Kier alpha value is -0.980. The van der Waals surface area contributed by atoms with E-state index in [9.17, 15) is 0 Å². The summed E-state index contributed by atoms with van der Waals surface area (Å²) in [5.41, 5.74) is 1.46. The van der Waals surface area contributed by atoms with E-state index in [-0.39, 0.29) is 0 Å². The van der Waals surface area contributed by atoms with Crippen molar-refractivity contribution < 1.29 is 4.74 Å². The van der Waals surface area contributed by atoms with Crippen molar-refractivity contribution in [2.75, 3.05) is 6.61 Å². The molecule has 0 bridgehead atoms. The van der Waals surface area contributed by atoms with Crippen LogP contribution in [-0.2, 0) is 6.42 Å². The molecular formula is C25H42O. The van der Waals surface area contributed by atoms with E-state index in [1.165, 1.54) is 95.5 Å². The van der Waals surface area contributed by atoms with Crippen molar-refractivity contribution in [3.8, 4) is 5.75 Å². The van der Waals surface area contributed by atoms with Crippen LogP contribution >= 0.6 is 0 Å². The van der Waals surface area contributed by atoms with E-state index in [0.29, 0.717) is 0 Å². The molecule has 148 valence electrons. The molecule has 26 heavy (non-hydrogen) atoms. The van der Waals surface area contributed by atoms with E-state index < -0.39 is 0 Å². The fraction of sp³-hybridized carbons (Fsp3) is 0.760. The molecule has 1 saturated carbocycles. The van der Waals surface area contributed by atoms with Crippen molar-refractivity contribution in [3.05, 3.63) is 29.8 Å². The Morgan fingerprint density at radius 1 is 0.731 bits per heavy atom. The number of hydrogen-bond acceptors (Lipinski definition) is 1. The maximum atomic E-state index is 5.97. The van der Waals surface area contributed by atoms with Gasteiger partial charge in [0.05, 0.1) is 6.61 Å². The third-order valence-electron chi connectivity index (χ3n) is 6.18. The van der Waals surface area contributed by atoms with Gasteiger partial charge in [0, 0.05) is 0 Å². The molecule has 2 rings (SSSR count). The third kappa shape index (κ3) is 8.60. The van der Waals surface area contributed by atoms with Crippen LogP contribution in [0, 0.1) is 11.8 Å². The SMILES string of the molecule is CCCCCCCc1ccc(OCCCC2CCC(CCC)CC2)cc1. The lowest BCUT2D eigenvalue weighted by Gasteiger charge is -2.28. The Balaban J connectivity index is 1.53. The van der Waals surface area contributed by atoms with Crippen molar-refractivity contribution in [1.29, 1.82) is 0 Å². The second-order valence-corrected chi connectivity index (χ2v) is 8.47. The molecule has 1 aliphatic carbocycles. The molecule has 0 heterocycles. The molecule has 0 atom stereocenters. The second kappa shape index (κ2) is 13.2. The molecule has 1 aliphatic rings. The highest BCUT2D eigenvalue weighted by atomic mass is 16.5. The first-order valence-electron chi connectivity index (χ1n) is 11.5. The van der Waals surface area contributed by atoms with Gasteiger partial charge in [0.25, 0.3) is 0 Å². The molecule has 0 N–H and O–H groups in total. The molecule has 1 fully saturated rings. The van der Waals surface area contributed by atoms with Crippen molar-refractivity contribution >= 4 is 0 Å². The second-order valence-electron chi connectivity index (χ2n) is 8.47. The zero-order valence-corrected chi connectivity index (χ0v) is 17.5. The Bertz CT molecular complexity index is 442. The number of rotatable bonds is 13. The first kappa shape index (κ1) is 21.3. The Morgan fingerprint density at radius 3 is 2.04 bits per heavy atom. The molecule has 0 aliphatic heterocycles. The lowest BCUT2D eigenvalue weighted by Crippen LogP contribution is -2.15. The number of unbranched alkanes of at least 4 members (excludes halogenated alkanes) is 4. The zero-order valence-electron chi connectivity index (χ0n) is 17.5. The van der Waals surface area contributed by atoms with E-state index in [2.05, 4.69) is 38.1 Å². The number of hydrogen-bond donors (Lipinski definition) is 0. The van der Waals surface area contributed by atoms with Gasteiger partial charge < -0.3 is 4.74 Å². The molecule has 0 radical (unpaired) electrons. The molecule has 1 heteroatoms. The fourth-order valence-corrected chi connectivity index (χ4v) is 4.46. The van der Waals surface area contributed by atoms with Crippen LogP contribution in [0.1, 0.15) is 103 Å². The summed E-state index contributed by atoms with van der Waals surface area (Å²) in [6.07, 6.45) is 19.2. The summed E-state index contributed by atoms with van der Waals surface area (Å²) >= 11 is 0. The Morgan fingerprint density at radius 2 is 1.38 bits per heavy atom. The van der Waals surface area contributed by atoms with Crippen molar-refractivity contribution in [2.24, 2.45) is 11.8 Å². The van der Waals surface area contributed by atoms with E-state index in [0.717, 1.165) is 24.2 Å². The summed E-state index contributed by atoms with van der Waals surface area (Å²) in [6.45, 7) is 5.48. The molecule has 0 amide bonds. The van der Waals surface area contributed by atoms with Gasteiger partial charge in [-0.1, -0.05) is 90.2 Å². The molecule has 0 saturated heterocycles. The molecule has 0 aromatic heterocycles. The van der Waals surface area contributed by atoms with Crippen LogP contribution in [0.5, 0.6) is 5.75 Å². The van der Waals surface area contributed by atoms with Gasteiger partial charge in [-0.3, -0.25) is 0 Å². The summed E-state index contributed by atoms with van der Waals surface area (Å²) in [7, 11) is 0. The van der Waals surface area contributed by atoms with Gasteiger partial charge in [-0.25, -0.2) is 0 Å². The number of ether oxygens (including phenoxy) is 1. The van der Waals surface area contributed by atoms with Crippen molar-refractivity contribution in [3.63, 3.8) is 0 Å². The van der Waals surface area contributed by atoms with Crippen LogP contribution in [0.4, 0.5) is 0 Å². The summed E-state index contributed by atoms with van der Waals surface area (Å²) in [4.78, 5) is 0. The highest BCUT2D eigenvalue weighted by molar-refractivity contribution is 5.27. The average molecular weight is 359 g/mol. The van der Waals surface area contributed by atoms with Gasteiger partial charge in [-0.05, 0) is 55.2 Å². The monoisotopic (exact) mass is 358 g/mol. The van der Waals surface area contributed by atoms with Gasteiger partial charge in [0.1, 0.15) is 5.75 Å². The van der Waals surface area contributed by atoms with Gasteiger partial charge in [0.2, 0.25) is 0 Å². The Labute approximate surface area is 162 Å². The zero-order chi connectivity index (χ0) is 18.5. The molecule has 1 nitrogen and oxygen atoms in total. The average Bonchev–Trinajstić information content (AvgIpc) is 2.68. The van der Waals surface area contributed by atoms with E-state index in [1.54, 1.807) is 0 Å². The topological polar surface area (TPSA) is 9.23 Å². The normalized spacial score (nSPS) is 20.2. The molecular weight excluding hydrogens is 316 g/mol. The molecule has 1 aromatic rings. The van der Waals surface area contributed by atoms with Crippen molar-refractivity contribution in [1.82, 2.24) is 0 Å². The standard InChI is InChI=1S/C25H42O/c1-3-5-6-7-8-11-23-17-19-25(20-18-23)26-21-9-12-24-15-13-22(10-4-2)14-16-24/h17-20,22,24H,3-16,21H2,1-2H3. The largest absolute Gasteiger partial charge is 0.494 e. The van der Waals surface area contributed by atoms with Crippen LogP contribution in [0.25, 0.3) is 0 Å². The number of aryl methyl sites for hydroxylation is 1. The summed E-state index contributed by atoms with van der Waals surface area (Å²) in [6, 6.07) is 8.84. The highest BCUT2D eigenvalue weighted by Crippen LogP contribution is 2.33. The third-order valence-corrected chi connectivity index (χ3v) is 6.18. The van der Waals surface area contributed by atoms with Crippen LogP contribution in [-0.4, -0.2) is 6.61 Å². The minimum absolute atomic E-state index is 0.880. The van der Waals surface area contributed by atoms with Gasteiger partial charge in [-0.15, -0.1) is 0 Å². The van der Waals surface area contributed by atoms with Gasteiger partial charge in [0.15, 0.2) is 0 Å². The van der Waals surface area contributed by atoms with Crippen LogP contribution in [0.15, 0.2) is 24.3 Å². The fourth-order valence-electron chi connectivity index (χ4n) is 4.46. The van der Waals surface area contributed by atoms with Crippen LogP contribution in [0.3, 0.4) is 0 Å². The predicted octanol–water partition coefficient (Wildman–Crippen LogP) is 7.97. The molecule has 0 unspecified atom stereocenters. The summed E-state index contributed by atoms with van der Waals surface area (Å²) < 4.78 is 5.97. The van der Waals surface area contributed by atoms with Gasteiger partial charge in [-0.2, -0.15) is 0 Å². The summed E-state index contributed by atoms with van der Waals surface area (Å²) in [5.74, 6) is 3.03. The van der Waals surface area contributed by atoms with Gasteiger partial charge >= 0.3 is 0 Å². The maximum absolute atomic E-state index is 5.97. The minimum Gasteiger partial charge on any atom is -0.494 e. The smallest absolute Gasteiger partial charge is 0.119 e. The summed E-state index contributed by atoms with van der Waals surface area (Å²) in [5, 5.41) is 0. The van der Waals surface area contributed by atoms with E-state index >= 15 is 0 Å². The predicted molar refractivity (Wildman–Crippen MR) is 114 cm³/mol. The lowest BCUT2D eigenvalue weighted by molar-refractivity contribution is 0.230. The number of benzene rings is 1. The van der Waals surface area contributed by atoms with E-state index in [4.69, 9.17) is 4.74 Å². The van der Waals surface area contributed by atoms with Crippen LogP contribution in [0.2, 0.25) is 0 Å². The van der Waals surface area contributed by atoms with Crippen LogP contribution < -0.4 is 4.74 Å². The quantitative estimate of drug-likeness (QED) is 0.325.